The average molecular weight is 403 g/mol. The smallest absolute Gasteiger partial charge is 0.183 e. The number of benzene rings is 1. The van der Waals surface area contributed by atoms with Crippen LogP contribution >= 0.6 is 0 Å². The van der Waals surface area contributed by atoms with E-state index in [-0.39, 0.29) is 6.04 Å². The van der Waals surface area contributed by atoms with E-state index in [1.54, 1.807) is 0 Å². The average Bonchev–Trinajstić information content (AvgIpc) is 2.74. The Bertz CT molecular complexity index is 1130. The van der Waals surface area contributed by atoms with E-state index in [2.05, 4.69) is 45.3 Å². The summed E-state index contributed by atoms with van der Waals surface area (Å²) in [6.07, 6.45) is 0. The van der Waals surface area contributed by atoms with Crippen molar-refractivity contribution in [3.8, 4) is 6.07 Å². The third kappa shape index (κ3) is 3.91. The quantitative estimate of drug-likeness (QED) is 0.709. The number of pyridine rings is 1. The zero-order valence-corrected chi connectivity index (χ0v) is 17.9. The van der Waals surface area contributed by atoms with Crippen LogP contribution in [0.3, 0.4) is 0 Å². The SMILES string of the molecule is Cc1cc(C(C)Nc2ccc(C)nc2C)c2nc(N3CCOCC3)c(C#N)nc2c1. The summed E-state index contributed by atoms with van der Waals surface area (Å²) >= 11 is 0. The number of hydrogen-bond acceptors (Lipinski definition) is 7. The fraction of sp³-hybridized carbons (Fsp3) is 0.391. The van der Waals surface area contributed by atoms with Crippen LogP contribution in [0.25, 0.3) is 11.0 Å². The fourth-order valence-corrected chi connectivity index (χ4v) is 3.87. The maximum Gasteiger partial charge on any atom is 0.183 e. The van der Waals surface area contributed by atoms with Gasteiger partial charge in [-0.15, -0.1) is 0 Å². The number of nitrogens with one attached hydrogen (secondary N) is 1. The Morgan fingerprint density at radius 1 is 1.10 bits per heavy atom. The third-order valence-corrected chi connectivity index (χ3v) is 5.41. The lowest BCUT2D eigenvalue weighted by Crippen LogP contribution is -2.37. The highest BCUT2D eigenvalue weighted by Gasteiger charge is 2.21. The molecule has 4 rings (SSSR count). The van der Waals surface area contributed by atoms with Gasteiger partial charge < -0.3 is 15.0 Å². The van der Waals surface area contributed by atoms with E-state index in [4.69, 9.17) is 9.72 Å². The van der Waals surface area contributed by atoms with Gasteiger partial charge in [-0.25, -0.2) is 9.97 Å². The lowest BCUT2D eigenvalue weighted by molar-refractivity contribution is 0.122. The first-order valence-electron chi connectivity index (χ1n) is 10.2. The molecule has 1 saturated heterocycles. The lowest BCUT2D eigenvalue weighted by Gasteiger charge is -2.28. The molecule has 0 saturated carbocycles. The highest BCUT2D eigenvalue weighted by molar-refractivity contribution is 5.82. The number of aryl methyl sites for hydroxylation is 3. The van der Waals surface area contributed by atoms with Gasteiger partial charge in [-0.2, -0.15) is 5.26 Å². The Labute approximate surface area is 176 Å². The molecule has 1 aliphatic rings. The van der Waals surface area contributed by atoms with Crippen molar-refractivity contribution in [1.82, 2.24) is 15.0 Å². The molecule has 0 aliphatic carbocycles. The number of nitriles is 1. The number of aromatic nitrogens is 3. The van der Waals surface area contributed by atoms with Crippen LogP contribution in [0.4, 0.5) is 11.5 Å². The zero-order chi connectivity index (χ0) is 21.3. The van der Waals surface area contributed by atoms with Crippen LogP contribution in [-0.4, -0.2) is 41.3 Å². The van der Waals surface area contributed by atoms with E-state index >= 15 is 0 Å². The molecule has 0 spiro atoms. The summed E-state index contributed by atoms with van der Waals surface area (Å²) in [4.78, 5) is 16.2. The number of fused-ring (bicyclic) bond motifs is 1. The Balaban J connectivity index is 1.79. The summed E-state index contributed by atoms with van der Waals surface area (Å²) in [5.41, 5.74) is 7.02. The van der Waals surface area contributed by atoms with Crippen LogP contribution in [0.15, 0.2) is 24.3 Å². The molecule has 7 nitrogen and oxygen atoms in total. The molecule has 3 aromatic rings. The number of rotatable bonds is 4. The van der Waals surface area contributed by atoms with E-state index in [1.165, 1.54) is 0 Å². The Morgan fingerprint density at radius 3 is 2.57 bits per heavy atom. The normalized spacial score (nSPS) is 15.1. The van der Waals surface area contributed by atoms with Gasteiger partial charge in [0.05, 0.1) is 41.7 Å². The molecule has 1 fully saturated rings. The van der Waals surface area contributed by atoms with Crippen molar-refractivity contribution in [3.05, 3.63) is 52.5 Å². The molecule has 154 valence electrons. The molecule has 2 aromatic heterocycles. The second-order valence-corrected chi connectivity index (χ2v) is 7.78. The maximum absolute atomic E-state index is 9.67. The third-order valence-electron chi connectivity index (χ3n) is 5.41. The van der Waals surface area contributed by atoms with E-state index in [0.717, 1.165) is 39.2 Å². The van der Waals surface area contributed by atoms with Crippen LogP contribution in [0.1, 0.15) is 41.2 Å². The van der Waals surface area contributed by atoms with Crippen molar-refractivity contribution in [2.24, 2.45) is 0 Å². The second-order valence-electron chi connectivity index (χ2n) is 7.78. The Hall–Kier alpha value is -3.24. The molecule has 1 aliphatic heterocycles. The topological polar surface area (TPSA) is 87.0 Å². The molecule has 1 N–H and O–H groups in total. The van der Waals surface area contributed by atoms with Crippen molar-refractivity contribution in [2.45, 2.75) is 33.7 Å². The maximum atomic E-state index is 9.67. The van der Waals surface area contributed by atoms with Gasteiger partial charge in [0.2, 0.25) is 0 Å². The van der Waals surface area contributed by atoms with Crippen LogP contribution in [0, 0.1) is 32.1 Å². The minimum atomic E-state index is -0.00428. The molecule has 1 unspecified atom stereocenters. The fourth-order valence-electron chi connectivity index (χ4n) is 3.87. The molecule has 3 heterocycles. The minimum absolute atomic E-state index is 0.00428. The van der Waals surface area contributed by atoms with Crippen LogP contribution < -0.4 is 10.2 Å². The van der Waals surface area contributed by atoms with Crippen LogP contribution in [0.2, 0.25) is 0 Å². The largest absolute Gasteiger partial charge is 0.378 e. The van der Waals surface area contributed by atoms with Gasteiger partial charge in [-0.05, 0) is 51.5 Å². The predicted octanol–water partition coefficient (Wildman–Crippen LogP) is 3.83. The standard InChI is InChI=1S/C23H26N6O/c1-14-11-18(16(3)26-19-6-5-15(2)25-17(19)4)22-20(12-14)27-21(13-24)23(28-22)29-7-9-30-10-8-29/h5-6,11-12,16,26H,7-10H2,1-4H3. The van der Waals surface area contributed by atoms with Gasteiger partial charge in [0.25, 0.3) is 0 Å². The van der Waals surface area contributed by atoms with Crippen LogP contribution in [-0.2, 0) is 4.74 Å². The number of morpholine rings is 1. The summed E-state index contributed by atoms with van der Waals surface area (Å²) in [5.74, 6) is 0.638. The molecule has 1 atom stereocenters. The van der Waals surface area contributed by atoms with Crippen molar-refractivity contribution in [3.63, 3.8) is 0 Å². The summed E-state index contributed by atoms with van der Waals surface area (Å²) in [6.45, 7) is 10.8. The minimum Gasteiger partial charge on any atom is -0.378 e. The van der Waals surface area contributed by atoms with E-state index in [1.807, 2.05) is 32.9 Å². The van der Waals surface area contributed by atoms with Gasteiger partial charge in [0.15, 0.2) is 11.5 Å². The van der Waals surface area contributed by atoms with Gasteiger partial charge in [0, 0.05) is 24.3 Å². The first-order valence-corrected chi connectivity index (χ1v) is 10.2. The Morgan fingerprint density at radius 2 is 1.87 bits per heavy atom. The van der Waals surface area contributed by atoms with Gasteiger partial charge in [-0.1, -0.05) is 6.07 Å². The first-order chi connectivity index (χ1) is 14.5. The predicted molar refractivity (Wildman–Crippen MR) is 118 cm³/mol. The molecule has 0 bridgehead atoms. The molecular weight excluding hydrogens is 376 g/mol. The van der Waals surface area contributed by atoms with E-state index in [9.17, 15) is 5.26 Å². The highest BCUT2D eigenvalue weighted by atomic mass is 16.5. The summed E-state index contributed by atoms with van der Waals surface area (Å²) < 4.78 is 5.46. The summed E-state index contributed by atoms with van der Waals surface area (Å²) in [5, 5.41) is 13.2. The van der Waals surface area contributed by atoms with E-state index < -0.39 is 0 Å². The summed E-state index contributed by atoms with van der Waals surface area (Å²) in [6, 6.07) is 10.4. The van der Waals surface area contributed by atoms with Crippen molar-refractivity contribution < 1.29 is 4.74 Å². The van der Waals surface area contributed by atoms with E-state index in [0.29, 0.717) is 37.8 Å². The van der Waals surface area contributed by atoms with Crippen molar-refractivity contribution >= 4 is 22.5 Å². The van der Waals surface area contributed by atoms with Gasteiger partial charge >= 0.3 is 0 Å². The number of anilines is 2. The molecule has 0 radical (unpaired) electrons. The second kappa shape index (κ2) is 8.25. The molecule has 30 heavy (non-hydrogen) atoms. The van der Waals surface area contributed by atoms with Crippen molar-refractivity contribution in [1.29, 1.82) is 5.26 Å². The summed E-state index contributed by atoms with van der Waals surface area (Å²) in [7, 11) is 0. The van der Waals surface area contributed by atoms with Gasteiger partial charge in [-0.3, -0.25) is 4.98 Å². The first kappa shape index (κ1) is 20.0. The van der Waals surface area contributed by atoms with Crippen LogP contribution in [0.5, 0.6) is 0 Å². The molecule has 0 amide bonds. The number of nitrogens with zero attached hydrogens (tertiary/aromatic N) is 5. The molecular formula is C23H26N6O. The monoisotopic (exact) mass is 402 g/mol. The molecule has 7 heteroatoms. The Kier molecular flexibility index (Phi) is 5.51. The number of ether oxygens (including phenoxy) is 1. The highest BCUT2D eigenvalue weighted by Crippen LogP contribution is 2.30. The zero-order valence-electron chi connectivity index (χ0n) is 17.9. The molecule has 1 aromatic carbocycles. The lowest BCUT2D eigenvalue weighted by atomic mass is 10.0. The van der Waals surface area contributed by atoms with Gasteiger partial charge in [0.1, 0.15) is 6.07 Å². The van der Waals surface area contributed by atoms with Crippen molar-refractivity contribution in [2.75, 3.05) is 36.5 Å². The number of hydrogen-bond donors (Lipinski definition) is 1.